The minimum atomic E-state index is -4.41. The second-order valence-electron chi connectivity index (χ2n) is 4.36. The third-order valence-corrected chi connectivity index (χ3v) is 2.33. The quantitative estimate of drug-likeness (QED) is 0.878. The van der Waals surface area contributed by atoms with Gasteiger partial charge in [0.25, 0.3) is 0 Å². The molecule has 0 heterocycles. The first-order valence-electron chi connectivity index (χ1n) is 4.92. The fourth-order valence-corrected chi connectivity index (χ4v) is 1.33. The minimum Gasteiger partial charge on any atom is -0.389 e. The molecule has 0 atom stereocenters. The van der Waals surface area contributed by atoms with Crippen LogP contribution in [0.25, 0.3) is 0 Å². The zero-order valence-corrected chi connectivity index (χ0v) is 10.2. The Labute approximate surface area is 102 Å². The summed E-state index contributed by atoms with van der Waals surface area (Å²) in [6.07, 6.45) is -4.41. The average molecular weight is 268 g/mol. The third-order valence-electron chi connectivity index (χ3n) is 2.01. The van der Waals surface area contributed by atoms with E-state index in [1.165, 1.54) is 6.07 Å². The summed E-state index contributed by atoms with van der Waals surface area (Å²) < 4.78 is 37.4. The fourth-order valence-electron chi connectivity index (χ4n) is 1.15. The van der Waals surface area contributed by atoms with E-state index in [2.05, 4.69) is 5.32 Å². The van der Waals surface area contributed by atoms with Gasteiger partial charge in [-0.15, -0.1) is 0 Å². The molecule has 0 radical (unpaired) electrons. The molecule has 0 unspecified atom stereocenters. The molecule has 0 aliphatic heterocycles. The van der Waals surface area contributed by atoms with Crippen molar-refractivity contribution in [1.29, 1.82) is 0 Å². The molecule has 0 aliphatic carbocycles. The molecule has 0 spiro atoms. The summed E-state index contributed by atoms with van der Waals surface area (Å²) in [5.74, 6) is 0. The van der Waals surface area contributed by atoms with E-state index in [0.717, 1.165) is 12.1 Å². The van der Waals surface area contributed by atoms with Crippen LogP contribution in [0.5, 0.6) is 0 Å². The van der Waals surface area contributed by atoms with Gasteiger partial charge in [0.15, 0.2) is 0 Å². The number of halogens is 4. The summed E-state index contributed by atoms with van der Waals surface area (Å²) in [6, 6.07) is 3.02. The van der Waals surface area contributed by atoms with Crippen LogP contribution in [0.2, 0.25) is 5.02 Å². The highest BCUT2D eigenvalue weighted by atomic mass is 35.5. The highest BCUT2D eigenvalue weighted by Gasteiger charge is 2.31. The zero-order valence-electron chi connectivity index (χ0n) is 9.40. The predicted octanol–water partition coefficient (Wildman–Crippen LogP) is 3.54. The fraction of sp³-hybridized carbons (Fsp3) is 0.455. The van der Waals surface area contributed by atoms with Crippen LogP contribution in [-0.2, 0) is 6.18 Å². The molecule has 0 fully saturated rings. The van der Waals surface area contributed by atoms with Crippen molar-refractivity contribution in [2.75, 3.05) is 11.9 Å². The van der Waals surface area contributed by atoms with E-state index in [1.54, 1.807) is 13.8 Å². The lowest BCUT2D eigenvalue weighted by molar-refractivity contribution is -0.137. The number of nitrogens with one attached hydrogen (secondary N) is 1. The molecule has 2 nitrogen and oxygen atoms in total. The summed E-state index contributed by atoms with van der Waals surface area (Å²) in [7, 11) is 0. The van der Waals surface area contributed by atoms with Gasteiger partial charge in [0, 0.05) is 6.54 Å². The van der Waals surface area contributed by atoms with E-state index in [-0.39, 0.29) is 17.3 Å². The van der Waals surface area contributed by atoms with Crippen LogP contribution in [0.3, 0.4) is 0 Å². The second kappa shape index (κ2) is 4.74. The number of aliphatic hydroxyl groups is 1. The summed E-state index contributed by atoms with van der Waals surface area (Å²) in [5, 5.41) is 12.3. The van der Waals surface area contributed by atoms with E-state index in [9.17, 15) is 18.3 Å². The second-order valence-corrected chi connectivity index (χ2v) is 4.77. The first-order valence-corrected chi connectivity index (χ1v) is 5.30. The smallest absolute Gasteiger partial charge is 0.389 e. The first-order chi connectivity index (χ1) is 7.59. The maximum Gasteiger partial charge on any atom is 0.416 e. The van der Waals surface area contributed by atoms with Crippen LogP contribution in [-0.4, -0.2) is 17.3 Å². The van der Waals surface area contributed by atoms with Gasteiger partial charge in [0.2, 0.25) is 0 Å². The SMILES string of the molecule is CC(C)(O)CNc1cc(C(F)(F)F)ccc1Cl. The van der Waals surface area contributed by atoms with Crippen LogP contribution in [0.15, 0.2) is 18.2 Å². The number of rotatable bonds is 3. The third kappa shape index (κ3) is 4.44. The Morgan fingerprint density at radius 2 is 1.88 bits per heavy atom. The Morgan fingerprint density at radius 1 is 1.29 bits per heavy atom. The molecule has 0 aromatic heterocycles. The average Bonchev–Trinajstić information content (AvgIpc) is 2.13. The van der Waals surface area contributed by atoms with Gasteiger partial charge in [-0.05, 0) is 32.0 Å². The molecule has 6 heteroatoms. The molecule has 0 saturated heterocycles. The van der Waals surface area contributed by atoms with Gasteiger partial charge in [-0.3, -0.25) is 0 Å². The van der Waals surface area contributed by atoms with Crippen molar-refractivity contribution in [2.45, 2.75) is 25.6 Å². The molecule has 2 N–H and O–H groups in total. The summed E-state index contributed by atoms with van der Waals surface area (Å²) >= 11 is 5.76. The van der Waals surface area contributed by atoms with Crippen LogP contribution in [0.4, 0.5) is 18.9 Å². The van der Waals surface area contributed by atoms with Crippen molar-refractivity contribution in [1.82, 2.24) is 0 Å². The van der Waals surface area contributed by atoms with Gasteiger partial charge in [0.05, 0.1) is 21.9 Å². The Morgan fingerprint density at radius 3 is 2.35 bits per heavy atom. The van der Waals surface area contributed by atoms with Crippen molar-refractivity contribution < 1.29 is 18.3 Å². The number of benzene rings is 1. The molecule has 1 rings (SSSR count). The Bertz CT molecular complexity index is 399. The highest BCUT2D eigenvalue weighted by Crippen LogP contribution is 2.33. The van der Waals surface area contributed by atoms with Crippen LogP contribution in [0, 0.1) is 0 Å². The Hall–Kier alpha value is -0.940. The molecular formula is C11H13ClF3NO. The van der Waals surface area contributed by atoms with E-state index in [0.29, 0.717) is 0 Å². The lowest BCUT2D eigenvalue weighted by Crippen LogP contribution is -2.29. The van der Waals surface area contributed by atoms with Gasteiger partial charge in [-0.1, -0.05) is 11.6 Å². The number of hydrogen-bond acceptors (Lipinski definition) is 2. The molecular weight excluding hydrogens is 255 g/mol. The van der Waals surface area contributed by atoms with Gasteiger partial charge in [-0.25, -0.2) is 0 Å². The standard InChI is InChI=1S/C11H13ClF3NO/c1-10(2,17)6-16-9-5-7(11(13,14)15)3-4-8(9)12/h3-5,16-17H,6H2,1-2H3. The molecule has 0 bridgehead atoms. The first kappa shape index (κ1) is 14.1. The van der Waals surface area contributed by atoms with Crippen molar-refractivity contribution in [3.8, 4) is 0 Å². The normalized spacial score (nSPS) is 12.6. The van der Waals surface area contributed by atoms with Gasteiger partial charge in [-0.2, -0.15) is 13.2 Å². The maximum absolute atomic E-state index is 12.5. The monoisotopic (exact) mass is 267 g/mol. The molecule has 96 valence electrons. The lowest BCUT2D eigenvalue weighted by Gasteiger charge is -2.19. The topological polar surface area (TPSA) is 32.3 Å². The lowest BCUT2D eigenvalue weighted by atomic mass is 10.1. The van der Waals surface area contributed by atoms with Crippen molar-refractivity contribution in [3.05, 3.63) is 28.8 Å². The van der Waals surface area contributed by atoms with Crippen LogP contribution in [0.1, 0.15) is 19.4 Å². The van der Waals surface area contributed by atoms with Crippen molar-refractivity contribution in [3.63, 3.8) is 0 Å². The van der Waals surface area contributed by atoms with Crippen LogP contribution < -0.4 is 5.32 Å². The van der Waals surface area contributed by atoms with Gasteiger partial charge >= 0.3 is 6.18 Å². The van der Waals surface area contributed by atoms with Gasteiger partial charge < -0.3 is 10.4 Å². The van der Waals surface area contributed by atoms with E-state index < -0.39 is 17.3 Å². The van der Waals surface area contributed by atoms with E-state index in [4.69, 9.17) is 11.6 Å². The zero-order chi connectivity index (χ0) is 13.3. The molecule has 1 aromatic carbocycles. The molecule has 17 heavy (non-hydrogen) atoms. The number of hydrogen-bond donors (Lipinski definition) is 2. The summed E-state index contributed by atoms with van der Waals surface area (Å²) in [5.41, 5.74) is -1.65. The number of alkyl halides is 3. The predicted molar refractivity (Wildman–Crippen MR) is 61.2 cm³/mol. The molecule has 0 amide bonds. The Kier molecular flexibility index (Phi) is 3.94. The number of anilines is 1. The largest absolute Gasteiger partial charge is 0.416 e. The molecule has 1 aromatic rings. The van der Waals surface area contributed by atoms with Crippen molar-refractivity contribution in [2.24, 2.45) is 0 Å². The summed E-state index contributed by atoms with van der Waals surface area (Å²) in [6.45, 7) is 3.19. The van der Waals surface area contributed by atoms with Gasteiger partial charge in [0.1, 0.15) is 0 Å². The van der Waals surface area contributed by atoms with Crippen molar-refractivity contribution >= 4 is 17.3 Å². The highest BCUT2D eigenvalue weighted by molar-refractivity contribution is 6.33. The summed E-state index contributed by atoms with van der Waals surface area (Å²) in [4.78, 5) is 0. The molecule has 0 aliphatic rings. The minimum absolute atomic E-state index is 0.105. The Balaban J connectivity index is 2.92. The van der Waals surface area contributed by atoms with Crippen LogP contribution >= 0.6 is 11.6 Å². The van der Waals surface area contributed by atoms with E-state index in [1.807, 2.05) is 0 Å². The molecule has 0 saturated carbocycles. The maximum atomic E-state index is 12.5. The van der Waals surface area contributed by atoms with E-state index >= 15 is 0 Å².